The topological polar surface area (TPSA) is 9.23 Å². The molecule has 1 aromatic rings. The summed E-state index contributed by atoms with van der Waals surface area (Å²) in [5.74, 6) is 3.54. The van der Waals surface area contributed by atoms with E-state index in [0.29, 0.717) is 0 Å². The van der Waals surface area contributed by atoms with Crippen LogP contribution < -0.4 is 4.74 Å². The standard InChI is InChI=1S/C15H20O/c1-7-12-9-8-10-13(15(4,5)6)14(12)16-11(2)3/h1,8-11H,2-6H3. The van der Waals surface area contributed by atoms with Crippen molar-refractivity contribution in [2.75, 3.05) is 0 Å². The van der Waals surface area contributed by atoms with Gasteiger partial charge in [-0.05, 0) is 25.3 Å². The van der Waals surface area contributed by atoms with Gasteiger partial charge in [-0.25, -0.2) is 0 Å². The zero-order chi connectivity index (χ0) is 12.3. The van der Waals surface area contributed by atoms with E-state index in [9.17, 15) is 0 Å². The van der Waals surface area contributed by atoms with Crippen LogP contribution in [0.15, 0.2) is 18.2 Å². The van der Waals surface area contributed by atoms with Crippen LogP contribution in [-0.2, 0) is 5.41 Å². The first-order chi connectivity index (χ1) is 7.36. The molecular weight excluding hydrogens is 196 g/mol. The summed E-state index contributed by atoms with van der Waals surface area (Å²) in [6, 6.07) is 5.99. The van der Waals surface area contributed by atoms with Crippen molar-refractivity contribution < 1.29 is 4.74 Å². The summed E-state index contributed by atoms with van der Waals surface area (Å²) in [6.07, 6.45) is 5.64. The Bertz CT molecular complexity index is 402. The maximum Gasteiger partial charge on any atom is 0.139 e. The Morgan fingerprint density at radius 1 is 1.25 bits per heavy atom. The van der Waals surface area contributed by atoms with Crippen LogP contribution >= 0.6 is 0 Å². The Balaban J connectivity index is 3.33. The fourth-order valence-electron chi connectivity index (χ4n) is 1.60. The summed E-state index contributed by atoms with van der Waals surface area (Å²) >= 11 is 0. The van der Waals surface area contributed by atoms with Crippen molar-refractivity contribution in [3.8, 4) is 18.1 Å². The first-order valence-corrected chi connectivity index (χ1v) is 5.63. The molecule has 1 aromatic carbocycles. The highest BCUT2D eigenvalue weighted by Gasteiger charge is 2.21. The van der Waals surface area contributed by atoms with E-state index in [1.54, 1.807) is 0 Å². The summed E-state index contributed by atoms with van der Waals surface area (Å²) in [7, 11) is 0. The molecule has 0 radical (unpaired) electrons. The quantitative estimate of drug-likeness (QED) is 0.684. The molecule has 0 atom stereocenters. The first kappa shape index (κ1) is 12.6. The number of terminal acetylenes is 1. The second kappa shape index (κ2) is 4.61. The lowest BCUT2D eigenvalue weighted by Crippen LogP contribution is -2.16. The van der Waals surface area contributed by atoms with Gasteiger partial charge in [0.05, 0.1) is 11.7 Å². The zero-order valence-corrected chi connectivity index (χ0v) is 10.8. The van der Waals surface area contributed by atoms with Crippen molar-refractivity contribution in [3.63, 3.8) is 0 Å². The number of rotatable bonds is 2. The second-order valence-corrected chi connectivity index (χ2v) is 5.24. The van der Waals surface area contributed by atoms with Gasteiger partial charge in [0.2, 0.25) is 0 Å². The molecular formula is C15H20O. The van der Waals surface area contributed by atoms with Gasteiger partial charge in [-0.2, -0.15) is 0 Å². The number of ether oxygens (including phenoxy) is 1. The molecule has 0 unspecified atom stereocenters. The van der Waals surface area contributed by atoms with E-state index in [1.165, 1.54) is 0 Å². The minimum absolute atomic E-state index is 0.0388. The van der Waals surface area contributed by atoms with Crippen molar-refractivity contribution in [3.05, 3.63) is 29.3 Å². The van der Waals surface area contributed by atoms with E-state index in [2.05, 4.69) is 32.8 Å². The molecule has 0 aromatic heterocycles. The predicted octanol–water partition coefficient (Wildman–Crippen LogP) is 3.75. The third-order valence-electron chi connectivity index (χ3n) is 2.33. The van der Waals surface area contributed by atoms with Crippen LogP contribution in [0.25, 0.3) is 0 Å². The molecule has 0 N–H and O–H groups in total. The van der Waals surface area contributed by atoms with Crippen LogP contribution in [0.4, 0.5) is 0 Å². The molecule has 1 nitrogen and oxygen atoms in total. The molecule has 0 aliphatic heterocycles. The van der Waals surface area contributed by atoms with Crippen LogP contribution in [-0.4, -0.2) is 6.10 Å². The van der Waals surface area contributed by atoms with Crippen molar-refractivity contribution in [2.45, 2.75) is 46.1 Å². The molecule has 0 heterocycles. The van der Waals surface area contributed by atoms with Gasteiger partial charge in [0, 0.05) is 5.56 Å². The van der Waals surface area contributed by atoms with Crippen molar-refractivity contribution in [1.29, 1.82) is 0 Å². The molecule has 0 saturated carbocycles. The van der Waals surface area contributed by atoms with Crippen LogP contribution in [0.1, 0.15) is 45.7 Å². The summed E-state index contributed by atoms with van der Waals surface area (Å²) in [4.78, 5) is 0. The average molecular weight is 216 g/mol. The molecule has 0 fully saturated rings. The summed E-state index contributed by atoms with van der Waals surface area (Å²) in [5, 5.41) is 0. The van der Waals surface area contributed by atoms with Crippen LogP contribution in [0, 0.1) is 12.3 Å². The lowest BCUT2D eigenvalue weighted by Gasteiger charge is -2.25. The largest absolute Gasteiger partial charge is 0.489 e. The molecule has 1 rings (SSSR count). The van der Waals surface area contributed by atoms with E-state index in [0.717, 1.165) is 16.9 Å². The fourth-order valence-corrected chi connectivity index (χ4v) is 1.60. The molecule has 0 aliphatic rings. The van der Waals surface area contributed by atoms with Gasteiger partial charge < -0.3 is 4.74 Å². The van der Waals surface area contributed by atoms with Crippen molar-refractivity contribution >= 4 is 0 Å². The zero-order valence-electron chi connectivity index (χ0n) is 10.8. The number of hydrogen-bond donors (Lipinski definition) is 0. The second-order valence-electron chi connectivity index (χ2n) is 5.24. The molecule has 0 aliphatic carbocycles. The molecule has 0 spiro atoms. The van der Waals surface area contributed by atoms with E-state index in [4.69, 9.17) is 11.2 Å². The number of benzene rings is 1. The highest BCUT2D eigenvalue weighted by Crippen LogP contribution is 2.34. The molecule has 0 saturated heterocycles. The molecule has 86 valence electrons. The van der Waals surface area contributed by atoms with Gasteiger partial charge in [-0.15, -0.1) is 6.42 Å². The van der Waals surface area contributed by atoms with E-state index in [-0.39, 0.29) is 11.5 Å². The Labute approximate surface area is 98.8 Å². The van der Waals surface area contributed by atoms with Gasteiger partial charge in [0.15, 0.2) is 0 Å². The van der Waals surface area contributed by atoms with Gasteiger partial charge in [-0.3, -0.25) is 0 Å². The van der Waals surface area contributed by atoms with E-state index >= 15 is 0 Å². The van der Waals surface area contributed by atoms with Gasteiger partial charge in [0.25, 0.3) is 0 Å². The Morgan fingerprint density at radius 3 is 2.31 bits per heavy atom. The van der Waals surface area contributed by atoms with Gasteiger partial charge in [0.1, 0.15) is 5.75 Å². The number of hydrogen-bond acceptors (Lipinski definition) is 1. The van der Waals surface area contributed by atoms with Crippen molar-refractivity contribution in [2.24, 2.45) is 0 Å². The third kappa shape index (κ3) is 2.79. The minimum Gasteiger partial charge on any atom is -0.489 e. The van der Waals surface area contributed by atoms with Crippen LogP contribution in [0.2, 0.25) is 0 Å². The van der Waals surface area contributed by atoms with E-state index in [1.807, 2.05) is 26.0 Å². The lowest BCUT2D eigenvalue weighted by molar-refractivity contribution is 0.236. The monoisotopic (exact) mass is 216 g/mol. The first-order valence-electron chi connectivity index (χ1n) is 5.63. The minimum atomic E-state index is 0.0388. The SMILES string of the molecule is C#Cc1cccc(C(C)(C)C)c1OC(C)C. The van der Waals surface area contributed by atoms with Gasteiger partial charge in [-0.1, -0.05) is 38.8 Å². The molecule has 1 heteroatoms. The van der Waals surface area contributed by atoms with Crippen LogP contribution in [0.5, 0.6) is 5.75 Å². The number of para-hydroxylation sites is 1. The summed E-state index contributed by atoms with van der Waals surface area (Å²) in [5.41, 5.74) is 2.04. The average Bonchev–Trinajstić information content (AvgIpc) is 2.15. The summed E-state index contributed by atoms with van der Waals surface area (Å²) in [6.45, 7) is 10.5. The van der Waals surface area contributed by atoms with E-state index < -0.39 is 0 Å². The molecule has 16 heavy (non-hydrogen) atoms. The Hall–Kier alpha value is -1.42. The lowest BCUT2D eigenvalue weighted by atomic mass is 9.85. The third-order valence-corrected chi connectivity index (χ3v) is 2.33. The van der Waals surface area contributed by atoms with Crippen molar-refractivity contribution in [1.82, 2.24) is 0 Å². The maximum atomic E-state index is 5.85. The highest BCUT2D eigenvalue weighted by molar-refractivity contribution is 5.52. The smallest absolute Gasteiger partial charge is 0.139 e. The Kier molecular flexibility index (Phi) is 3.65. The molecule has 0 amide bonds. The predicted molar refractivity (Wildman–Crippen MR) is 68.8 cm³/mol. The highest BCUT2D eigenvalue weighted by atomic mass is 16.5. The van der Waals surface area contributed by atoms with Gasteiger partial charge >= 0.3 is 0 Å². The normalized spacial score (nSPS) is 11.3. The fraction of sp³-hybridized carbons (Fsp3) is 0.467. The molecule has 0 bridgehead atoms. The maximum absolute atomic E-state index is 5.85. The summed E-state index contributed by atoms with van der Waals surface area (Å²) < 4.78 is 5.85. The van der Waals surface area contributed by atoms with Crippen LogP contribution in [0.3, 0.4) is 0 Å². The Morgan fingerprint density at radius 2 is 1.88 bits per heavy atom.